The van der Waals surface area contributed by atoms with E-state index in [1.165, 1.54) is 6.07 Å². The maximum absolute atomic E-state index is 12.6. The number of hydrogen-bond donors (Lipinski definition) is 2. The van der Waals surface area contributed by atoms with Crippen molar-refractivity contribution in [3.63, 3.8) is 0 Å². The average Bonchev–Trinajstić information content (AvgIpc) is 2.46. The highest BCUT2D eigenvalue weighted by Crippen LogP contribution is 2.37. The molecule has 2 amide bonds. The molecule has 1 aromatic rings. The minimum Gasteiger partial charge on any atom is -0.434 e. The van der Waals surface area contributed by atoms with Crippen LogP contribution in [0.4, 0.5) is 13.6 Å². The largest absolute Gasteiger partial charge is 0.434 e. The molecular weight excluding hydrogens is 294 g/mol. The highest BCUT2D eigenvalue weighted by Gasteiger charge is 2.35. The Hall–Kier alpha value is -2.44. The summed E-state index contributed by atoms with van der Waals surface area (Å²) in [5, 5.41) is 5.25. The predicted molar refractivity (Wildman–Crippen MR) is 73.4 cm³/mol. The minimum absolute atomic E-state index is 0.0464. The molecule has 1 heterocycles. The van der Waals surface area contributed by atoms with Gasteiger partial charge in [0.05, 0.1) is 6.04 Å². The van der Waals surface area contributed by atoms with Gasteiger partial charge in [0.15, 0.2) is 5.78 Å². The number of benzene rings is 1. The molecule has 3 rings (SSSR count). The first-order valence-electron chi connectivity index (χ1n) is 6.93. The van der Waals surface area contributed by atoms with Crippen LogP contribution in [0.5, 0.6) is 5.75 Å². The first-order valence-corrected chi connectivity index (χ1v) is 6.93. The summed E-state index contributed by atoms with van der Waals surface area (Å²) < 4.78 is 29.6. The van der Waals surface area contributed by atoms with E-state index >= 15 is 0 Å². The summed E-state index contributed by atoms with van der Waals surface area (Å²) in [6.07, 6.45) is 1.63. The van der Waals surface area contributed by atoms with Gasteiger partial charge in [0.1, 0.15) is 5.75 Å². The van der Waals surface area contributed by atoms with Gasteiger partial charge < -0.3 is 15.4 Å². The molecule has 0 bridgehead atoms. The predicted octanol–water partition coefficient (Wildman–Crippen LogP) is 2.65. The van der Waals surface area contributed by atoms with Crippen molar-refractivity contribution in [2.24, 2.45) is 0 Å². The monoisotopic (exact) mass is 308 g/mol. The number of carbonyl (C=O) groups excluding carboxylic acids is 2. The lowest BCUT2D eigenvalue weighted by Gasteiger charge is -2.32. The SMILES string of the molecule is O=C1NC2=C(C(=O)CCC2)[C@H](c2ccccc2OC(F)F)N1. The topological polar surface area (TPSA) is 67.4 Å². The molecule has 1 aliphatic carbocycles. The zero-order valence-corrected chi connectivity index (χ0v) is 11.6. The number of urea groups is 1. The molecule has 2 aliphatic rings. The average molecular weight is 308 g/mol. The number of para-hydroxylation sites is 1. The second-order valence-electron chi connectivity index (χ2n) is 5.12. The van der Waals surface area contributed by atoms with Crippen LogP contribution < -0.4 is 15.4 Å². The Kier molecular flexibility index (Phi) is 3.79. The molecule has 2 N–H and O–H groups in total. The number of Topliss-reactive ketones (excluding diaryl/α,β-unsaturated/α-hetero) is 1. The maximum atomic E-state index is 12.6. The molecule has 116 valence electrons. The molecule has 0 aromatic heterocycles. The highest BCUT2D eigenvalue weighted by molar-refractivity contribution is 6.01. The number of allylic oxidation sites excluding steroid dienone is 1. The van der Waals surface area contributed by atoms with Gasteiger partial charge in [0.2, 0.25) is 0 Å². The molecule has 0 spiro atoms. The smallest absolute Gasteiger partial charge is 0.387 e. The Balaban J connectivity index is 2.06. The van der Waals surface area contributed by atoms with Crippen LogP contribution in [0.2, 0.25) is 0 Å². The zero-order chi connectivity index (χ0) is 15.7. The van der Waals surface area contributed by atoms with Crippen LogP contribution in [0.3, 0.4) is 0 Å². The van der Waals surface area contributed by atoms with Crippen molar-refractivity contribution in [1.29, 1.82) is 0 Å². The van der Waals surface area contributed by atoms with Gasteiger partial charge in [0.25, 0.3) is 0 Å². The third kappa shape index (κ3) is 2.66. The quantitative estimate of drug-likeness (QED) is 0.902. The number of ether oxygens (including phenoxy) is 1. The van der Waals surface area contributed by atoms with E-state index < -0.39 is 18.7 Å². The molecule has 22 heavy (non-hydrogen) atoms. The fourth-order valence-electron chi connectivity index (χ4n) is 2.86. The molecule has 7 heteroatoms. The number of rotatable bonds is 3. The molecule has 0 fully saturated rings. The molecule has 0 unspecified atom stereocenters. The summed E-state index contributed by atoms with van der Waals surface area (Å²) in [4.78, 5) is 24.0. The van der Waals surface area contributed by atoms with E-state index in [4.69, 9.17) is 0 Å². The van der Waals surface area contributed by atoms with Crippen molar-refractivity contribution in [1.82, 2.24) is 10.6 Å². The van der Waals surface area contributed by atoms with Crippen molar-refractivity contribution >= 4 is 11.8 Å². The highest BCUT2D eigenvalue weighted by atomic mass is 19.3. The van der Waals surface area contributed by atoms with Crippen molar-refractivity contribution in [3.8, 4) is 5.75 Å². The first kappa shape index (κ1) is 14.5. The van der Waals surface area contributed by atoms with E-state index in [1.54, 1.807) is 18.2 Å². The zero-order valence-electron chi connectivity index (χ0n) is 11.6. The fraction of sp³-hybridized carbons (Fsp3) is 0.333. The fourth-order valence-corrected chi connectivity index (χ4v) is 2.86. The van der Waals surface area contributed by atoms with Crippen LogP contribution >= 0.6 is 0 Å². The summed E-state index contributed by atoms with van der Waals surface area (Å²) in [5.74, 6) is -0.138. The molecule has 0 saturated heterocycles. The lowest BCUT2D eigenvalue weighted by Crippen LogP contribution is -2.46. The maximum Gasteiger partial charge on any atom is 0.387 e. The van der Waals surface area contributed by atoms with E-state index in [-0.39, 0.29) is 11.5 Å². The number of halogens is 2. The Labute approximate surface area is 125 Å². The minimum atomic E-state index is -2.98. The van der Waals surface area contributed by atoms with Crippen LogP contribution in [-0.4, -0.2) is 18.4 Å². The molecule has 0 saturated carbocycles. The Bertz CT molecular complexity index is 658. The summed E-state index contributed by atoms with van der Waals surface area (Å²) in [6, 6.07) is 4.94. The lowest BCUT2D eigenvalue weighted by molar-refractivity contribution is -0.116. The Morgan fingerprint density at radius 2 is 1.95 bits per heavy atom. The van der Waals surface area contributed by atoms with E-state index in [2.05, 4.69) is 15.4 Å². The van der Waals surface area contributed by atoms with Gasteiger partial charge in [-0.15, -0.1) is 0 Å². The van der Waals surface area contributed by atoms with Crippen molar-refractivity contribution < 1.29 is 23.1 Å². The van der Waals surface area contributed by atoms with E-state index in [1.807, 2.05) is 0 Å². The molecule has 5 nitrogen and oxygen atoms in total. The molecule has 0 radical (unpaired) electrons. The van der Waals surface area contributed by atoms with E-state index in [0.29, 0.717) is 36.1 Å². The second-order valence-corrected chi connectivity index (χ2v) is 5.12. The summed E-state index contributed by atoms with van der Waals surface area (Å²) in [6.45, 7) is -2.98. The third-order valence-electron chi connectivity index (χ3n) is 3.73. The van der Waals surface area contributed by atoms with Crippen LogP contribution in [0.15, 0.2) is 35.5 Å². The van der Waals surface area contributed by atoms with Gasteiger partial charge in [-0.25, -0.2) is 4.79 Å². The number of ketones is 1. The van der Waals surface area contributed by atoms with Crippen LogP contribution in [0.25, 0.3) is 0 Å². The van der Waals surface area contributed by atoms with Crippen molar-refractivity contribution in [2.75, 3.05) is 0 Å². The van der Waals surface area contributed by atoms with Gasteiger partial charge in [-0.1, -0.05) is 18.2 Å². The summed E-state index contributed by atoms with van der Waals surface area (Å²) in [5.41, 5.74) is 1.34. The Morgan fingerprint density at radius 1 is 1.18 bits per heavy atom. The van der Waals surface area contributed by atoms with E-state index in [0.717, 1.165) is 0 Å². The number of amides is 2. The van der Waals surface area contributed by atoms with Gasteiger partial charge in [-0.3, -0.25) is 4.79 Å². The summed E-state index contributed by atoms with van der Waals surface area (Å²) >= 11 is 0. The molecule has 1 aliphatic heterocycles. The number of nitrogens with one attached hydrogen (secondary N) is 2. The second kappa shape index (κ2) is 5.75. The Morgan fingerprint density at radius 3 is 2.73 bits per heavy atom. The normalized spacial score (nSPS) is 21.3. The lowest BCUT2D eigenvalue weighted by atomic mass is 9.85. The van der Waals surface area contributed by atoms with Gasteiger partial charge in [0, 0.05) is 23.3 Å². The molecular formula is C15H14F2N2O3. The number of carbonyl (C=O) groups is 2. The van der Waals surface area contributed by atoms with Gasteiger partial charge >= 0.3 is 12.6 Å². The molecule has 1 aromatic carbocycles. The standard InChI is InChI=1S/C15H14F2N2O3/c16-14(17)22-11-7-2-1-4-8(11)13-12-9(18-15(21)19-13)5-3-6-10(12)20/h1-2,4,7,13-14H,3,5-6H2,(H2,18,19,21)/t13-/m0/s1. The first-order chi connectivity index (χ1) is 10.6. The van der Waals surface area contributed by atoms with E-state index in [9.17, 15) is 18.4 Å². The van der Waals surface area contributed by atoms with Crippen LogP contribution in [0.1, 0.15) is 30.9 Å². The third-order valence-corrected chi connectivity index (χ3v) is 3.73. The van der Waals surface area contributed by atoms with Crippen molar-refractivity contribution in [3.05, 3.63) is 41.1 Å². The number of alkyl halides is 2. The van der Waals surface area contributed by atoms with Crippen molar-refractivity contribution in [2.45, 2.75) is 31.9 Å². The summed E-state index contributed by atoms with van der Waals surface area (Å²) in [7, 11) is 0. The van der Waals surface area contributed by atoms with Crippen LogP contribution in [-0.2, 0) is 4.79 Å². The van der Waals surface area contributed by atoms with Gasteiger partial charge in [-0.05, 0) is 18.9 Å². The number of hydrogen-bond acceptors (Lipinski definition) is 3. The van der Waals surface area contributed by atoms with Gasteiger partial charge in [-0.2, -0.15) is 8.78 Å². The molecule has 1 atom stereocenters. The van der Waals surface area contributed by atoms with Crippen LogP contribution in [0, 0.1) is 0 Å².